The lowest BCUT2D eigenvalue weighted by Crippen LogP contribution is -2.10. The second-order valence-corrected chi connectivity index (χ2v) is 3.61. The molecular weight excluding hydrogens is 190 g/mol. The summed E-state index contributed by atoms with van der Waals surface area (Å²) in [4.78, 5) is 4.36. The number of nitrogens with one attached hydrogen (secondary N) is 1. The topological polar surface area (TPSA) is 57.9 Å². The van der Waals surface area contributed by atoms with Gasteiger partial charge >= 0.3 is 0 Å². The third-order valence-corrected chi connectivity index (χ3v) is 2.71. The van der Waals surface area contributed by atoms with Crippen LogP contribution in [0.1, 0.15) is 11.6 Å². The second-order valence-electron chi connectivity index (χ2n) is 3.61. The maximum absolute atomic E-state index is 8.98. The molecule has 78 valence electrons. The van der Waals surface area contributed by atoms with E-state index >= 15 is 0 Å². The van der Waals surface area contributed by atoms with Gasteiger partial charge < -0.3 is 10.1 Å². The summed E-state index contributed by atoms with van der Waals surface area (Å²) in [5.74, 6) is 0.811. The third kappa shape index (κ3) is 1.92. The highest BCUT2D eigenvalue weighted by atomic mass is 16.5. The standard InChI is InChI=1S/C11H13N3O/c1-15-11-4-2-3-10(14-11)9-7-13-6-8(9)5-12/h2-4,8-9,13H,6-7H2,1H3/t8-,9-/m0/s1. The quantitative estimate of drug-likeness (QED) is 0.776. The molecule has 0 bridgehead atoms. The van der Waals surface area contributed by atoms with E-state index in [2.05, 4.69) is 16.4 Å². The molecule has 0 unspecified atom stereocenters. The van der Waals surface area contributed by atoms with E-state index in [-0.39, 0.29) is 11.8 Å². The van der Waals surface area contributed by atoms with Crippen LogP contribution in [0.4, 0.5) is 0 Å². The van der Waals surface area contributed by atoms with Gasteiger partial charge in [0.1, 0.15) is 0 Å². The Morgan fingerprint density at radius 1 is 1.53 bits per heavy atom. The zero-order valence-electron chi connectivity index (χ0n) is 8.60. The Kier molecular flexibility index (Phi) is 2.84. The van der Waals surface area contributed by atoms with E-state index in [0.29, 0.717) is 5.88 Å². The smallest absolute Gasteiger partial charge is 0.213 e. The highest BCUT2D eigenvalue weighted by Crippen LogP contribution is 2.27. The van der Waals surface area contributed by atoms with E-state index in [1.807, 2.05) is 18.2 Å². The number of ether oxygens (including phenoxy) is 1. The minimum Gasteiger partial charge on any atom is -0.481 e. The largest absolute Gasteiger partial charge is 0.481 e. The summed E-state index contributed by atoms with van der Waals surface area (Å²) in [5.41, 5.74) is 0.936. The van der Waals surface area contributed by atoms with Gasteiger partial charge in [0.05, 0.1) is 24.8 Å². The highest BCUT2D eigenvalue weighted by Gasteiger charge is 2.29. The fourth-order valence-corrected chi connectivity index (χ4v) is 1.88. The third-order valence-electron chi connectivity index (χ3n) is 2.71. The van der Waals surface area contributed by atoms with Crippen LogP contribution in [0.3, 0.4) is 0 Å². The Bertz CT molecular complexity index is 386. The average molecular weight is 203 g/mol. The normalized spacial score (nSPS) is 24.8. The fourth-order valence-electron chi connectivity index (χ4n) is 1.88. The van der Waals surface area contributed by atoms with Gasteiger partial charge in [0.15, 0.2) is 0 Å². The molecule has 1 N–H and O–H groups in total. The molecule has 0 amide bonds. The SMILES string of the molecule is COc1cccc([C@H]2CNC[C@@H]2C#N)n1. The zero-order chi connectivity index (χ0) is 10.7. The van der Waals surface area contributed by atoms with Crippen LogP contribution < -0.4 is 10.1 Å². The predicted octanol–water partition coefficient (Wildman–Crippen LogP) is 0.917. The first-order valence-electron chi connectivity index (χ1n) is 4.96. The van der Waals surface area contributed by atoms with Crippen LogP contribution in [0.2, 0.25) is 0 Å². The zero-order valence-corrected chi connectivity index (χ0v) is 8.60. The molecule has 2 rings (SSSR count). The molecule has 1 aromatic heterocycles. The summed E-state index contributed by atoms with van der Waals surface area (Å²) >= 11 is 0. The second kappa shape index (κ2) is 4.28. The minimum atomic E-state index is 0.0182. The summed E-state index contributed by atoms with van der Waals surface area (Å²) in [5, 5.41) is 12.2. The molecular formula is C11H13N3O. The lowest BCUT2D eigenvalue weighted by atomic mass is 9.94. The van der Waals surface area contributed by atoms with Crippen molar-refractivity contribution in [2.24, 2.45) is 5.92 Å². The van der Waals surface area contributed by atoms with Gasteiger partial charge in [-0.2, -0.15) is 5.26 Å². The molecule has 1 aromatic rings. The van der Waals surface area contributed by atoms with Gasteiger partial charge in [-0.3, -0.25) is 0 Å². The number of nitriles is 1. The Morgan fingerprint density at radius 2 is 2.40 bits per heavy atom. The van der Waals surface area contributed by atoms with Crippen LogP contribution in [0.15, 0.2) is 18.2 Å². The molecule has 4 nitrogen and oxygen atoms in total. The molecule has 1 aliphatic heterocycles. The van der Waals surface area contributed by atoms with Crippen molar-refractivity contribution >= 4 is 0 Å². The van der Waals surface area contributed by atoms with Crippen molar-refractivity contribution in [3.05, 3.63) is 23.9 Å². The number of rotatable bonds is 2. The molecule has 0 saturated carbocycles. The Morgan fingerprint density at radius 3 is 3.13 bits per heavy atom. The molecule has 0 aliphatic carbocycles. The monoisotopic (exact) mass is 203 g/mol. The minimum absolute atomic E-state index is 0.0182. The van der Waals surface area contributed by atoms with Crippen molar-refractivity contribution in [1.82, 2.24) is 10.3 Å². The lowest BCUT2D eigenvalue weighted by Gasteiger charge is -2.12. The van der Waals surface area contributed by atoms with E-state index in [9.17, 15) is 0 Å². The van der Waals surface area contributed by atoms with Crippen molar-refractivity contribution in [3.63, 3.8) is 0 Å². The summed E-state index contributed by atoms with van der Waals surface area (Å²) in [7, 11) is 1.60. The van der Waals surface area contributed by atoms with E-state index in [4.69, 9.17) is 10.00 Å². The summed E-state index contributed by atoms with van der Waals surface area (Å²) in [6.45, 7) is 1.57. The van der Waals surface area contributed by atoms with Crippen LogP contribution in [-0.4, -0.2) is 25.2 Å². The van der Waals surface area contributed by atoms with Crippen molar-refractivity contribution in [2.45, 2.75) is 5.92 Å². The number of hydrogen-bond donors (Lipinski definition) is 1. The maximum atomic E-state index is 8.98. The first-order chi connectivity index (χ1) is 7.35. The Labute approximate surface area is 88.9 Å². The Hall–Kier alpha value is -1.60. The highest BCUT2D eigenvalue weighted by molar-refractivity contribution is 5.22. The van der Waals surface area contributed by atoms with Gasteiger partial charge in [-0.15, -0.1) is 0 Å². The van der Waals surface area contributed by atoms with Crippen LogP contribution in [-0.2, 0) is 0 Å². The molecule has 4 heteroatoms. The molecule has 0 aromatic carbocycles. The van der Waals surface area contributed by atoms with Gasteiger partial charge in [-0.05, 0) is 6.07 Å². The van der Waals surface area contributed by atoms with Gasteiger partial charge in [-0.1, -0.05) is 6.07 Å². The molecule has 1 saturated heterocycles. The van der Waals surface area contributed by atoms with Crippen LogP contribution in [0.25, 0.3) is 0 Å². The summed E-state index contributed by atoms with van der Waals surface area (Å²) in [6.07, 6.45) is 0. The van der Waals surface area contributed by atoms with E-state index in [1.54, 1.807) is 7.11 Å². The lowest BCUT2D eigenvalue weighted by molar-refractivity contribution is 0.394. The molecule has 2 atom stereocenters. The Balaban J connectivity index is 2.25. The van der Waals surface area contributed by atoms with Gasteiger partial charge in [-0.25, -0.2) is 4.98 Å². The van der Waals surface area contributed by atoms with Crippen molar-refractivity contribution in [3.8, 4) is 11.9 Å². The van der Waals surface area contributed by atoms with Crippen molar-refractivity contribution in [2.75, 3.05) is 20.2 Å². The van der Waals surface area contributed by atoms with Crippen molar-refractivity contribution in [1.29, 1.82) is 5.26 Å². The van der Waals surface area contributed by atoms with Gasteiger partial charge in [0.25, 0.3) is 0 Å². The summed E-state index contributed by atoms with van der Waals surface area (Å²) < 4.78 is 5.07. The van der Waals surface area contributed by atoms with Gasteiger partial charge in [0, 0.05) is 25.1 Å². The molecule has 15 heavy (non-hydrogen) atoms. The van der Waals surface area contributed by atoms with Crippen LogP contribution in [0, 0.1) is 17.2 Å². The van der Waals surface area contributed by atoms with Gasteiger partial charge in [0.2, 0.25) is 5.88 Å². The average Bonchev–Trinajstić information content (AvgIpc) is 2.77. The molecule has 0 spiro atoms. The number of nitrogens with zero attached hydrogens (tertiary/aromatic N) is 2. The van der Waals surface area contributed by atoms with E-state index in [1.165, 1.54) is 0 Å². The summed E-state index contributed by atoms with van der Waals surface area (Å²) in [6, 6.07) is 7.98. The number of pyridine rings is 1. The van der Waals surface area contributed by atoms with Crippen LogP contribution in [0.5, 0.6) is 5.88 Å². The number of aromatic nitrogens is 1. The molecule has 0 radical (unpaired) electrons. The maximum Gasteiger partial charge on any atom is 0.213 e. The fraction of sp³-hybridized carbons (Fsp3) is 0.455. The van der Waals surface area contributed by atoms with E-state index < -0.39 is 0 Å². The molecule has 1 aliphatic rings. The first kappa shape index (κ1) is 9.94. The van der Waals surface area contributed by atoms with Crippen LogP contribution >= 0.6 is 0 Å². The predicted molar refractivity (Wildman–Crippen MR) is 55.5 cm³/mol. The molecule has 2 heterocycles. The van der Waals surface area contributed by atoms with E-state index in [0.717, 1.165) is 18.8 Å². The first-order valence-corrected chi connectivity index (χ1v) is 4.96. The number of hydrogen-bond acceptors (Lipinski definition) is 4. The number of methoxy groups -OCH3 is 1. The van der Waals surface area contributed by atoms with Crippen molar-refractivity contribution < 1.29 is 4.74 Å². The molecule has 1 fully saturated rings.